The van der Waals surface area contributed by atoms with E-state index in [-0.39, 0.29) is 19.2 Å². The highest BCUT2D eigenvalue weighted by atomic mass is 16.7. The summed E-state index contributed by atoms with van der Waals surface area (Å²) in [5.74, 6) is 2.02. The molecule has 0 saturated heterocycles. The summed E-state index contributed by atoms with van der Waals surface area (Å²) in [6.07, 6.45) is 1.62. The molecule has 0 spiro atoms. The highest BCUT2D eigenvalue weighted by Crippen LogP contribution is 2.34. The highest BCUT2D eigenvalue weighted by molar-refractivity contribution is 5.92. The molecule has 0 fully saturated rings. The summed E-state index contributed by atoms with van der Waals surface area (Å²) < 4.78 is 21.0. The first-order valence-corrected chi connectivity index (χ1v) is 7.68. The SMILES string of the molecule is COCCN(CC(=O)Nc1ccc2c(c1)OCO2)Cc1ccco1. The molecule has 24 heavy (non-hydrogen) atoms. The molecule has 2 heterocycles. The maximum absolute atomic E-state index is 12.3. The molecule has 1 aromatic carbocycles. The van der Waals surface area contributed by atoms with E-state index in [2.05, 4.69) is 5.32 Å². The molecule has 1 amide bonds. The van der Waals surface area contributed by atoms with Crippen LogP contribution < -0.4 is 14.8 Å². The topological polar surface area (TPSA) is 73.2 Å². The lowest BCUT2D eigenvalue weighted by Crippen LogP contribution is -2.35. The maximum atomic E-state index is 12.3. The van der Waals surface area contributed by atoms with Gasteiger partial charge in [-0.1, -0.05) is 0 Å². The smallest absolute Gasteiger partial charge is 0.238 e. The number of carbonyl (C=O) groups excluding carboxylic acids is 1. The number of ether oxygens (including phenoxy) is 3. The molecule has 0 atom stereocenters. The first-order chi connectivity index (χ1) is 11.7. The van der Waals surface area contributed by atoms with Gasteiger partial charge in [0.2, 0.25) is 12.7 Å². The van der Waals surface area contributed by atoms with Gasteiger partial charge in [0.1, 0.15) is 5.76 Å². The lowest BCUT2D eigenvalue weighted by atomic mass is 10.2. The fraction of sp³-hybridized carbons (Fsp3) is 0.353. The summed E-state index contributed by atoms with van der Waals surface area (Å²) in [6.45, 7) is 2.16. The fourth-order valence-corrected chi connectivity index (χ4v) is 2.44. The van der Waals surface area contributed by atoms with Crippen molar-refractivity contribution >= 4 is 11.6 Å². The number of nitrogens with one attached hydrogen (secondary N) is 1. The van der Waals surface area contributed by atoms with Crippen molar-refractivity contribution in [2.24, 2.45) is 0 Å². The van der Waals surface area contributed by atoms with E-state index in [1.54, 1.807) is 31.6 Å². The van der Waals surface area contributed by atoms with E-state index in [1.165, 1.54) is 0 Å². The second-order valence-electron chi connectivity index (χ2n) is 5.40. The summed E-state index contributed by atoms with van der Waals surface area (Å²) in [6, 6.07) is 9.04. The fourth-order valence-electron chi connectivity index (χ4n) is 2.44. The quantitative estimate of drug-likeness (QED) is 0.798. The van der Waals surface area contributed by atoms with Crippen LogP contribution in [0.1, 0.15) is 5.76 Å². The number of nitrogens with zero attached hydrogens (tertiary/aromatic N) is 1. The Hall–Kier alpha value is -2.51. The number of rotatable bonds is 8. The van der Waals surface area contributed by atoms with Gasteiger partial charge in [0.05, 0.1) is 26.0 Å². The molecular weight excluding hydrogens is 312 g/mol. The van der Waals surface area contributed by atoms with Crippen molar-refractivity contribution in [1.29, 1.82) is 0 Å². The van der Waals surface area contributed by atoms with E-state index < -0.39 is 0 Å². The third kappa shape index (κ3) is 4.27. The van der Waals surface area contributed by atoms with Crippen LogP contribution in [-0.4, -0.2) is 44.4 Å². The molecule has 0 bridgehead atoms. The molecular formula is C17H20N2O5. The highest BCUT2D eigenvalue weighted by Gasteiger charge is 2.16. The normalized spacial score (nSPS) is 12.6. The number of methoxy groups -OCH3 is 1. The van der Waals surface area contributed by atoms with Gasteiger partial charge in [-0.25, -0.2) is 0 Å². The number of hydrogen-bond donors (Lipinski definition) is 1. The summed E-state index contributed by atoms with van der Waals surface area (Å²) in [4.78, 5) is 14.3. The summed E-state index contributed by atoms with van der Waals surface area (Å²) in [7, 11) is 1.64. The van der Waals surface area contributed by atoms with E-state index in [0.717, 1.165) is 5.76 Å². The minimum atomic E-state index is -0.114. The van der Waals surface area contributed by atoms with Crippen LogP contribution in [0.15, 0.2) is 41.0 Å². The van der Waals surface area contributed by atoms with E-state index in [0.29, 0.717) is 36.9 Å². The predicted molar refractivity (Wildman–Crippen MR) is 87.1 cm³/mol. The van der Waals surface area contributed by atoms with Crippen LogP contribution in [0.25, 0.3) is 0 Å². The monoisotopic (exact) mass is 332 g/mol. The minimum absolute atomic E-state index is 0.114. The van der Waals surface area contributed by atoms with Crippen molar-refractivity contribution in [1.82, 2.24) is 4.90 Å². The van der Waals surface area contributed by atoms with Gasteiger partial charge in [-0.2, -0.15) is 0 Å². The van der Waals surface area contributed by atoms with E-state index in [9.17, 15) is 4.79 Å². The lowest BCUT2D eigenvalue weighted by Gasteiger charge is -2.20. The molecule has 0 aliphatic carbocycles. The second kappa shape index (κ2) is 7.85. The molecule has 7 nitrogen and oxygen atoms in total. The number of fused-ring (bicyclic) bond motifs is 1. The molecule has 1 aromatic heterocycles. The zero-order valence-corrected chi connectivity index (χ0v) is 13.5. The Labute approximate surface area is 140 Å². The number of carbonyl (C=O) groups is 1. The Bertz CT molecular complexity index is 672. The number of amides is 1. The number of anilines is 1. The van der Waals surface area contributed by atoms with Crippen molar-refractivity contribution in [2.75, 3.05) is 38.9 Å². The van der Waals surface area contributed by atoms with E-state index in [1.807, 2.05) is 17.0 Å². The second-order valence-corrected chi connectivity index (χ2v) is 5.40. The van der Waals surface area contributed by atoms with Crippen LogP contribution in [0.5, 0.6) is 11.5 Å². The average Bonchev–Trinajstić information content (AvgIpc) is 3.23. The van der Waals surface area contributed by atoms with E-state index >= 15 is 0 Å². The summed E-state index contributed by atoms with van der Waals surface area (Å²) in [5, 5.41) is 2.87. The third-order valence-corrected chi connectivity index (χ3v) is 3.59. The van der Waals surface area contributed by atoms with Gasteiger partial charge in [0.15, 0.2) is 11.5 Å². The molecule has 7 heteroatoms. The van der Waals surface area contributed by atoms with Crippen molar-refractivity contribution in [3.05, 3.63) is 42.4 Å². The summed E-state index contributed by atoms with van der Waals surface area (Å²) >= 11 is 0. The molecule has 0 radical (unpaired) electrons. The first kappa shape index (κ1) is 16.4. The van der Waals surface area contributed by atoms with Gasteiger partial charge in [0.25, 0.3) is 0 Å². The molecule has 1 aliphatic heterocycles. The van der Waals surface area contributed by atoms with Gasteiger partial charge < -0.3 is 23.9 Å². The van der Waals surface area contributed by atoms with Crippen LogP contribution in [-0.2, 0) is 16.1 Å². The average molecular weight is 332 g/mol. The molecule has 0 unspecified atom stereocenters. The van der Waals surface area contributed by atoms with E-state index in [4.69, 9.17) is 18.6 Å². The maximum Gasteiger partial charge on any atom is 0.238 e. The Morgan fingerprint density at radius 3 is 2.96 bits per heavy atom. The Balaban J connectivity index is 1.58. The molecule has 1 N–H and O–H groups in total. The molecule has 3 rings (SSSR count). The van der Waals surface area contributed by atoms with Gasteiger partial charge in [0, 0.05) is 25.4 Å². The van der Waals surface area contributed by atoms with Crippen molar-refractivity contribution in [3.63, 3.8) is 0 Å². The number of furan rings is 1. The van der Waals surface area contributed by atoms with Crippen LogP contribution >= 0.6 is 0 Å². The molecule has 0 saturated carbocycles. The van der Waals surface area contributed by atoms with Gasteiger partial charge >= 0.3 is 0 Å². The van der Waals surface area contributed by atoms with Crippen LogP contribution in [0.4, 0.5) is 5.69 Å². The Kier molecular flexibility index (Phi) is 5.35. The third-order valence-electron chi connectivity index (χ3n) is 3.59. The molecule has 1 aliphatic rings. The molecule has 2 aromatic rings. The van der Waals surface area contributed by atoms with Crippen molar-refractivity contribution in [3.8, 4) is 11.5 Å². The lowest BCUT2D eigenvalue weighted by molar-refractivity contribution is -0.117. The largest absolute Gasteiger partial charge is 0.468 e. The minimum Gasteiger partial charge on any atom is -0.468 e. The first-order valence-electron chi connectivity index (χ1n) is 7.68. The summed E-state index contributed by atoms with van der Waals surface area (Å²) in [5.41, 5.74) is 0.675. The van der Waals surface area contributed by atoms with Crippen LogP contribution in [0, 0.1) is 0 Å². The standard InChI is InChI=1S/C17H20N2O5/c1-21-8-6-19(10-14-3-2-7-22-14)11-17(20)18-13-4-5-15-16(9-13)24-12-23-15/h2-5,7,9H,6,8,10-12H2,1H3,(H,18,20). The predicted octanol–water partition coefficient (Wildman–Crippen LogP) is 2.10. The Morgan fingerprint density at radius 2 is 2.17 bits per heavy atom. The van der Waals surface area contributed by atoms with Crippen molar-refractivity contribution < 1.29 is 23.4 Å². The van der Waals surface area contributed by atoms with Gasteiger partial charge in [-0.15, -0.1) is 0 Å². The van der Waals surface area contributed by atoms with Gasteiger partial charge in [-0.3, -0.25) is 9.69 Å². The number of hydrogen-bond acceptors (Lipinski definition) is 6. The van der Waals surface area contributed by atoms with Crippen LogP contribution in [0.3, 0.4) is 0 Å². The van der Waals surface area contributed by atoms with Crippen LogP contribution in [0.2, 0.25) is 0 Å². The van der Waals surface area contributed by atoms with Gasteiger partial charge in [-0.05, 0) is 24.3 Å². The molecule has 128 valence electrons. The Morgan fingerprint density at radius 1 is 1.29 bits per heavy atom. The zero-order valence-electron chi connectivity index (χ0n) is 13.5. The van der Waals surface area contributed by atoms with Crippen molar-refractivity contribution in [2.45, 2.75) is 6.54 Å². The zero-order chi connectivity index (χ0) is 16.8. The number of benzene rings is 1.